The molecule has 0 aliphatic heterocycles. The van der Waals surface area contributed by atoms with Gasteiger partial charge in [-0.15, -0.1) is 20.5 Å². The third kappa shape index (κ3) is 15.1. The number of rotatable bonds is 2. The molecule has 2 rings (SSSR count). The molecule has 152 valence electrons. The van der Waals surface area contributed by atoms with Crippen LogP contribution in [-0.4, -0.2) is 4.98 Å². The minimum Gasteiger partial charge on any atom is -0.362 e. The van der Waals surface area contributed by atoms with Crippen LogP contribution in [-0.2, 0) is 13.6 Å². The van der Waals surface area contributed by atoms with Crippen molar-refractivity contribution >= 4 is 5.82 Å². The first kappa shape index (κ1) is 25.3. The summed E-state index contributed by atoms with van der Waals surface area (Å²) in [4.78, 5) is 4.31. The van der Waals surface area contributed by atoms with Crippen LogP contribution in [0, 0.1) is 34.3 Å². The third-order valence-electron chi connectivity index (χ3n) is 2.88. The van der Waals surface area contributed by atoms with Crippen molar-refractivity contribution in [3.63, 3.8) is 0 Å². The van der Waals surface area contributed by atoms with E-state index in [1.807, 2.05) is 24.7 Å². The predicted molar refractivity (Wildman–Crippen MR) is 65.0 cm³/mol. The molecule has 0 bridgehead atoms. The van der Waals surface area contributed by atoms with E-state index in [0.29, 0.717) is 5.82 Å². The number of nitrogen functional groups attached to an aromatic ring is 1. The summed E-state index contributed by atoms with van der Waals surface area (Å²) in [5.41, 5.74) is 8.22. The Labute approximate surface area is 159 Å². The summed E-state index contributed by atoms with van der Waals surface area (Å²) in [5.74, 6) is 1.52. The summed E-state index contributed by atoms with van der Waals surface area (Å²) >= 11 is 0. The Morgan fingerprint density at radius 2 is 1.33 bits per heavy atom. The van der Waals surface area contributed by atoms with E-state index in [-0.39, 0.29) is 0 Å². The standard InChI is InChI=1S/C13H17N4.2ClHO4/c1-10-4-6-17(7-5-10)9-12-8-16(3)11(2)15-13(12)14;2*2-1(3,4)5/h4-8,14H,9H2,1-3H3;2*(H,2,3,4,5)/q+1;;/p-1. The van der Waals surface area contributed by atoms with E-state index in [1.165, 1.54) is 5.56 Å². The Morgan fingerprint density at radius 3 is 1.74 bits per heavy atom. The highest BCUT2D eigenvalue weighted by atomic mass is 35.7. The topological polar surface area (TPSA) is 231 Å². The van der Waals surface area contributed by atoms with Crippen molar-refractivity contribution in [2.24, 2.45) is 7.05 Å². The average Bonchev–Trinajstić information content (AvgIpc) is 2.43. The fourth-order valence-electron chi connectivity index (χ4n) is 1.67. The molecule has 0 aliphatic rings. The summed E-state index contributed by atoms with van der Waals surface area (Å²) < 4.78 is 72.0. The molecule has 0 amide bonds. The first-order valence-corrected chi connectivity index (χ1v) is 9.34. The average molecular weight is 429 g/mol. The van der Waals surface area contributed by atoms with Crippen LogP contribution >= 0.6 is 0 Å². The molecule has 27 heavy (non-hydrogen) atoms. The van der Waals surface area contributed by atoms with Crippen molar-refractivity contribution < 1.29 is 66.9 Å². The smallest absolute Gasteiger partial charge is 0.297 e. The Bertz CT molecular complexity index is 696. The van der Waals surface area contributed by atoms with Crippen molar-refractivity contribution in [3.05, 3.63) is 47.7 Å². The Kier molecular flexibility index (Phi) is 9.91. The summed E-state index contributed by atoms with van der Waals surface area (Å²) in [7, 11) is -7.91. The number of nitrogens with two attached hydrogens (primary N) is 1. The van der Waals surface area contributed by atoms with Crippen LogP contribution < -0.4 is 52.1 Å². The van der Waals surface area contributed by atoms with Gasteiger partial charge in [0.25, 0.3) is 11.6 Å². The molecule has 12 nitrogen and oxygen atoms in total. The lowest BCUT2D eigenvalue weighted by molar-refractivity contribution is -2.00. The molecule has 0 saturated heterocycles. The van der Waals surface area contributed by atoms with E-state index in [2.05, 4.69) is 41.0 Å². The van der Waals surface area contributed by atoms with E-state index < -0.39 is 20.5 Å². The number of nitrogens with zero attached hydrogens (tertiary/aromatic N) is 3. The molecule has 0 unspecified atom stereocenters. The van der Waals surface area contributed by atoms with Crippen LogP contribution in [0.2, 0.25) is 0 Å². The van der Waals surface area contributed by atoms with Gasteiger partial charge in [-0.2, -0.15) is 0 Å². The molecule has 2 aromatic heterocycles. The van der Waals surface area contributed by atoms with Gasteiger partial charge in [0, 0.05) is 19.1 Å². The number of hydrogen-bond acceptors (Lipinski definition) is 10. The Balaban J connectivity index is 0.000000563. The van der Waals surface area contributed by atoms with Gasteiger partial charge in [0.1, 0.15) is 11.8 Å². The lowest BCUT2D eigenvalue weighted by Gasteiger charge is -2.17. The quantitative estimate of drug-likeness (QED) is 0.443. The van der Waals surface area contributed by atoms with Gasteiger partial charge in [0.15, 0.2) is 18.9 Å². The monoisotopic (exact) mass is 428 g/mol. The molecule has 0 radical (unpaired) electrons. The number of aryl methyl sites for hydroxylation is 3. The maximum atomic E-state index is 8.49. The van der Waals surface area contributed by atoms with Crippen LogP contribution in [0.3, 0.4) is 0 Å². The SMILES string of the molecule is Cc1cc[n+](Cc2c[n+](C)c(C)nc2N)cc1.[O-][Cl+3]([O-])([O-])[O-].[O-][Cl+3]([O-])([O-])[O-]. The van der Waals surface area contributed by atoms with Crippen molar-refractivity contribution in [1.29, 1.82) is 0 Å². The summed E-state index contributed by atoms with van der Waals surface area (Å²) in [6, 6.07) is 4.16. The zero-order valence-corrected chi connectivity index (χ0v) is 16.0. The van der Waals surface area contributed by atoms with Crippen LogP contribution in [0.1, 0.15) is 17.0 Å². The minimum absolute atomic E-state index is 0.605. The first-order valence-electron chi connectivity index (χ1n) is 6.87. The fourth-order valence-corrected chi connectivity index (χ4v) is 1.67. The second-order valence-corrected chi connectivity index (χ2v) is 6.63. The van der Waals surface area contributed by atoms with Crippen LogP contribution in [0.4, 0.5) is 5.82 Å². The minimum atomic E-state index is -4.94. The molecule has 0 aromatic carbocycles. The van der Waals surface area contributed by atoms with Gasteiger partial charge in [-0.25, -0.2) is 46.4 Å². The van der Waals surface area contributed by atoms with Gasteiger partial charge in [0.05, 0.1) is 7.05 Å². The van der Waals surface area contributed by atoms with Gasteiger partial charge in [-0.1, -0.05) is 0 Å². The molecular weight excluding hydrogens is 411 g/mol. The fraction of sp³-hybridized carbons (Fsp3) is 0.308. The van der Waals surface area contributed by atoms with Crippen molar-refractivity contribution in [2.45, 2.75) is 20.4 Å². The molecule has 0 saturated carbocycles. The normalized spacial score (nSPS) is 11.1. The molecular formula is C13H18Cl2N4O8. The van der Waals surface area contributed by atoms with Crippen molar-refractivity contribution in [1.82, 2.24) is 4.98 Å². The second kappa shape index (κ2) is 10.6. The maximum Gasteiger partial charge on any atom is 0.297 e. The van der Waals surface area contributed by atoms with E-state index >= 15 is 0 Å². The lowest BCUT2D eigenvalue weighted by atomic mass is 10.2. The molecule has 14 heteroatoms. The maximum absolute atomic E-state index is 8.49. The van der Waals surface area contributed by atoms with E-state index in [1.54, 1.807) is 0 Å². The Morgan fingerprint density at radius 1 is 0.926 bits per heavy atom. The molecule has 0 fully saturated rings. The predicted octanol–water partition coefficient (Wildman–Crippen LogP) is -9.07. The van der Waals surface area contributed by atoms with Crippen LogP contribution in [0.5, 0.6) is 0 Å². The number of aromatic nitrogens is 3. The zero-order valence-electron chi connectivity index (χ0n) is 14.5. The van der Waals surface area contributed by atoms with Gasteiger partial charge >= 0.3 is 0 Å². The molecule has 2 heterocycles. The third-order valence-corrected chi connectivity index (χ3v) is 2.88. The second-order valence-electron chi connectivity index (χ2n) is 5.11. The number of halogens is 2. The van der Waals surface area contributed by atoms with Gasteiger partial charge in [-0.05, 0) is 17.5 Å². The number of hydrogen-bond donors (Lipinski definition) is 1. The van der Waals surface area contributed by atoms with Crippen molar-refractivity contribution in [3.8, 4) is 0 Å². The van der Waals surface area contributed by atoms with Gasteiger partial charge in [-0.3, -0.25) is 0 Å². The van der Waals surface area contributed by atoms with E-state index in [4.69, 9.17) is 43.0 Å². The van der Waals surface area contributed by atoms with Crippen LogP contribution in [0.25, 0.3) is 0 Å². The molecule has 2 N–H and O–H groups in total. The molecule has 0 spiro atoms. The van der Waals surface area contributed by atoms with E-state index in [0.717, 1.165) is 17.9 Å². The largest absolute Gasteiger partial charge is 0.362 e. The molecule has 0 aliphatic carbocycles. The molecule has 0 atom stereocenters. The summed E-state index contributed by atoms with van der Waals surface area (Å²) in [6.07, 6.45) is 6.13. The summed E-state index contributed by atoms with van der Waals surface area (Å²) in [6.45, 7) is 4.76. The van der Waals surface area contributed by atoms with E-state index in [9.17, 15) is 0 Å². The van der Waals surface area contributed by atoms with Gasteiger partial charge in [0.2, 0.25) is 0 Å². The zero-order chi connectivity index (χ0) is 21.4. The highest BCUT2D eigenvalue weighted by Gasteiger charge is 2.15. The molecule has 2 aromatic rings. The Hall–Kier alpha value is -1.71. The lowest BCUT2D eigenvalue weighted by Crippen LogP contribution is -2.68. The first-order chi connectivity index (χ1) is 12.1. The van der Waals surface area contributed by atoms with Crippen LogP contribution in [0.15, 0.2) is 30.7 Å². The number of anilines is 1. The van der Waals surface area contributed by atoms with Gasteiger partial charge < -0.3 is 5.73 Å². The summed E-state index contributed by atoms with van der Waals surface area (Å²) in [5, 5.41) is 0. The number of pyridine rings is 1. The highest BCUT2D eigenvalue weighted by molar-refractivity contribution is 5.35. The highest BCUT2D eigenvalue weighted by Crippen LogP contribution is 2.05. The van der Waals surface area contributed by atoms with Crippen molar-refractivity contribution in [2.75, 3.05) is 5.73 Å².